The van der Waals surface area contributed by atoms with Crippen LogP contribution in [-0.2, 0) is 6.42 Å². The highest BCUT2D eigenvalue weighted by molar-refractivity contribution is 5.80. The summed E-state index contributed by atoms with van der Waals surface area (Å²) in [6, 6.07) is 17.8. The molecule has 0 unspecified atom stereocenters. The van der Waals surface area contributed by atoms with Gasteiger partial charge in [0.15, 0.2) is 0 Å². The highest BCUT2D eigenvalue weighted by Gasteiger charge is 2.14. The normalized spacial score (nSPS) is 10.5. The first-order valence-electron chi connectivity index (χ1n) is 8.41. The summed E-state index contributed by atoms with van der Waals surface area (Å²) >= 11 is 0. The Labute approximate surface area is 149 Å². The van der Waals surface area contributed by atoms with Gasteiger partial charge < -0.3 is 17.5 Å². The highest BCUT2D eigenvalue weighted by atomic mass is 35.5. The fraction of sp³-hybridized carbons (Fsp3) is 0.286. The van der Waals surface area contributed by atoms with Crippen LogP contribution >= 0.6 is 0 Å². The molecule has 0 radical (unpaired) electrons. The molecule has 126 valence electrons. The van der Waals surface area contributed by atoms with Crippen molar-refractivity contribution in [1.29, 1.82) is 0 Å². The first-order chi connectivity index (χ1) is 11.3. The Morgan fingerprint density at radius 1 is 0.875 bits per heavy atom. The Morgan fingerprint density at radius 3 is 2.38 bits per heavy atom. The van der Waals surface area contributed by atoms with E-state index >= 15 is 0 Å². The highest BCUT2D eigenvalue weighted by Crippen LogP contribution is 2.27. The SMILES string of the molecule is CCCCCCc1ccc(-c2ccc3ccc(O)cc3[o+]2)cc1.[Cl-]. The first kappa shape index (κ1) is 18.3. The molecule has 3 rings (SSSR count). The fourth-order valence-corrected chi connectivity index (χ4v) is 2.81. The van der Waals surface area contributed by atoms with Crippen LogP contribution in [0.5, 0.6) is 5.75 Å². The maximum atomic E-state index is 9.59. The molecule has 0 aliphatic carbocycles. The largest absolute Gasteiger partial charge is 1.00 e. The minimum absolute atomic E-state index is 0. The number of aryl methyl sites for hydroxylation is 1. The second-order valence-electron chi connectivity index (χ2n) is 6.03. The summed E-state index contributed by atoms with van der Waals surface area (Å²) in [5.74, 6) is 1.04. The van der Waals surface area contributed by atoms with Gasteiger partial charge in [0.05, 0.1) is 17.0 Å². The summed E-state index contributed by atoms with van der Waals surface area (Å²) in [4.78, 5) is 0. The molecule has 1 N–H and O–H groups in total. The van der Waals surface area contributed by atoms with Crippen LogP contribution < -0.4 is 12.4 Å². The minimum Gasteiger partial charge on any atom is -1.00 e. The molecule has 0 saturated carbocycles. The van der Waals surface area contributed by atoms with Crippen LogP contribution in [0.2, 0.25) is 0 Å². The van der Waals surface area contributed by atoms with Gasteiger partial charge in [-0.05, 0) is 48.7 Å². The van der Waals surface area contributed by atoms with Gasteiger partial charge in [-0.15, -0.1) is 0 Å². The average molecular weight is 343 g/mol. The topological polar surface area (TPSA) is 31.5 Å². The van der Waals surface area contributed by atoms with Crippen LogP contribution in [0.1, 0.15) is 38.2 Å². The summed E-state index contributed by atoms with van der Waals surface area (Å²) in [6.07, 6.45) is 6.30. The van der Waals surface area contributed by atoms with Crippen LogP contribution in [0.4, 0.5) is 0 Å². The van der Waals surface area contributed by atoms with Gasteiger partial charge >= 0.3 is 11.3 Å². The molecular formula is C21H23ClO2. The Morgan fingerprint density at radius 2 is 1.62 bits per heavy atom. The molecule has 0 aliphatic heterocycles. The van der Waals surface area contributed by atoms with Gasteiger partial charge in [0.1, 0.15) is 5.75 Å². The number of phenolic OH excluding ortho intramolecular Hbond substituents is 1. The van der Waals surface area contributed by atoms with Crippen molar-refractivity contribution in [1.82, 2.24) is 0 Å². The van der Waals surface area contributed by atoms with Crippen LogP contribution in [0, 0.1) is 0 Å². The Bertz CT molecular complexity index is 781. The maximum absolute atomic E-state index is 9.59. The zero-order valence-electron chi connectivity index (χ0n) is 14.0. The summed E-state index contributed by atoms with van der Waals surface area (Å²) in [5, 5.41) is 10.6. The molecule has 2 aromatic carbocycles. The molecular weight excluding hydrogens is 320 g/mol. The summed E-state index contributed by atoms with van der Waals surface area (Å²) in [6.45, 7) is 2.24. The van der Waals surface area contributed by atoms with Crippen molar-refractivity contribution >= 4 is 11.0 Å². The lowest BCUT2D eigenvalue weighted by atomic mass is 10.0. The Balaban J connectivity index is 0.00000208. The van der Waals surface area contributed by atoms with Gasteiger partial charge in [-0.1, -0.05) is 38.3 Å². The van der Waals surface area contributed by atoms with E-state index in [0.29, 0.717) is 5.58 Å². The standard InChI is InChI=1S/C21H22O2.ClH/c1-2-3-4-5-6-16-7-9-17(10-8-16)20-14-12-18-11-13-19(22)15-21(18)23-20;/h7-15H,2-6H2,1H3;1H. The van der Waals surface area contributed by atoms with Gasteiger partial charge in [0.25, 0.3) is 0 Å². The van der Waals surface area contributed by atoms with Crippen molar-refractivity contribution in [3.63, 3.8) is 0 Å². The Kier molecular flexibility index (Phi) is 6.62. The first-order valence-corrected chi connectivity index (χ1v) is 8.41. The number of rotatable bonds is 6. The lowest BCUT2D eigenvalue weighted by Crippen LogP contribution is -3.00. The predicted octanol–water partition coefficient (Wildman–Crippen LogP) is 3.21. The molecule has 0 spiro atoms. The molecule has 0 amide bonds. The van der Waals surface area contributed by atoms with E-state index < -0.39 is 0 Å². The molecule has 3 aromatic rings. The molecule has 0 bridgehead atoms. The molecule has 1 aromatic heterocycles. The number of unbranched alkanes of at least 4 members (excludes halogenated alkanes) is 3. The van der Waals surface area contributed by atoms with Crippen molar-refractivity contribution < 1.29 is 21.9 Å². The zero-order chi connectivity index (χ0) is 16.1. The van der Waals surface area contributed by atoms with E-state index in [1.54, 1.807) is 12.1 Å². The summed E-state index contributed by atoms with van der Waals surface area (Å²) in [5.41, 5.74) is 3.14. The van der Waals surface area contributed by atoms with E-state index in [4.69, 9.17) is 4.42 Å². The number of hydrogen-bond acceptors (Lipinski definition) is 1. The molecule has 2 nitrogen and oxygen atoms in total. The number of halogens is 1. The molecule has 0 saturated heterocycles. The van der Waals surface area contributed by atoms with Gasteiger partial charge in [-0.3, -0.25) is 0 Å². The molecule has 0 fully saturated rings. The molecule has 3 heteroatoms. The summed E-state index contributed by atoms with van der Waals surface area (Å²) in [7, 11) is 0. The van der Waals surface area contributed by atoms with Gasteiger partial charge in [0.2, 0.25) is 0 Å². The Hall–Kier alpha value is -2.06. The summed E-state index contributed by atoms with van der Waals surface area (Å²) < 4.78 is 5.92. The van der Waals surface area contributed by atoms with E-state index in [-0.39, 0.29) is 18.2 Å². The third-order valence-electron chi connectivity index (χ3n) is 4.19. The average Bonchev–Trinajstić information content (AvgIpc) is 2.58. The lowest BCUT2D eigenvalue weighted by molar-refractivity contribution is -0.00000625. The number of phenols is 1. The lowest BCUT2D eigenvalue weighted by Gasteiger charge is -2.01. The van der Waals surface area contributed by atoms with Crippen molar-refractivity contribution in [3.05, 3.63) is 60.2 Å². The van der Waals surface area contributed by atoms with E-state index in [1.807, 2.05) is 18.2 Å². The van der Waals surface area contributed by atoms with Gasteiger partial charge in [-0.25, -0.2) is 4.42 Å². The van der Waals surface area contributed by atoms with Crippen molar-refractivity contribution in [2.75, 3.05) is 0 Å². The monoisotopic (exact) mass is 342 g/mol. The smallest absolute Gasteiger partial charge is 0.364 e. The number of aromatic hydroxyl groups is 1. The van der Waals surface area contributed by atoms with Crippen LogP contribution in [-0.4, -0.2) is 5.11 Å². The fourth-order valence-electron chi connectivity index (χ4n) is 2.81. The van der Waals surface area contributed by atoms with E-state index in [9.17, 15) is 5.11 Å². The van der Waals surface area contributed by atoms with Crippen LogP contribution in [0.15, 0.2) is 59.0 Å². The quantitative estimate of drug-likeness (QED) is 0.551. The van der Waals surface area contributed by atoms with E-state index in [1.165, 1.54) is 31.2 Å². The number of fused-ring (bicyclic) bond motifs is 1. The van der Waals surface area contributed by atoms with E-state index in [0.717, 1.165) is 23.1 Å². The third kappa shape index (κ3) is 4.48. The van der Waals surface area contributed by atoms with E-state index in [2.05, 4.69) is 31.2 Å². The zero-order valence-corrected chi connectivity index (χ0v) is 14.7. The predicted molar refractivity (Wildman–Crippen MR) is 95.6 cm³/mol. The van der Waals surface area contributed by atoms with Gasteiger partial charge in [-0.2, -0.15) is 0 Å². The maximum Gasteiger partial charge on any atom is 0.364 e. The number of benzene rings is 2. The second kappa shape index (κ2) is 8.70. The molecule has 0 atom stereocenters. The molecule has 0 aliphatic rings. The number of hydrogen-bond donors (Lipinski definition) is 1. The van der Waals surface area contributed by atoms with Crippen LogP contribution in [0.25, 0.3) is 22.3 Å². The minimum atomic E-state index is 0. The molecule has 24 heavy (non-hydrogen) atoms. The van der Waals surface area contributed by atoms with Crippen LogP contribution in [0.3, 0.4) is 0 Å². The van der Waals surface area contributed by atoms with Gasteiger partial charge in [0, 0.05) is 6.07 Å². The van der Waals surface area contributed by atoms with Crippen molar-refractivity contribution in [2.24, 2.45) is 0 Å². The van der Waals surface area contributed by atoms with Crippen molar-refractivity contribution in [2.45, 2.75) is 39.0 Å². The molecule has 1 heterocycles. The van der Waals surface area contributed by atoms with Crippen molar-refractivity contribution in [3.8, 4) is 17.1 Å². The second-order valence-corrected chi connectivity index (χ2v) is 6.03. The third-order valence-corrected chi connectivity index (χ3v) is 4.19.